The summed E-state index contributed by atoms with van der Waals surface area (Å²) in [7, 11) is 0. The lowest BCUT2D eigenvalue weighted by Gasteiger charge is -2.09. The van der Waals surface area contributed by atoms with Crippen molar-refractivity contribution in [3.8, 4) is 0 Å². The lowest BCUT2D eigenvalue weighted by atomic mass is 10.0. The molecule has 21 heavy (non-hydrogen) atoms. The number of carbonyl (C=O) groups is 1. The SMILES string of the molecule is O=C(O)NC1CCC(c2cc(Nc3ccnnc3)n[nH]2)C1. The van der Waals surface area contributed by atoms with Crippen LogP contribution in [0.15, 0.2) is 24.5 Å². The minimum absolute atomic E-state index is 0.0246. The fraction of sp³-hybridized carbons (Fsp3) is 0.385. The van der Waals surface area contributed by atoms with Gasteiger partial charge >= 0.3 is 6.09 Å². The van der Waals surface area contributed by atoms with Crippen molar-refractivity contribution in [1.82, 2.24) is 25.7 Å². The van der Waals surface area contributed by atoms with E-state index in [4.69, 9.17) is 5.11 Å². The molecule has 0 aliphatic heterocycles. The minimum atomic E-state index is -0.960. The summed E-state index contributed by atoms with van der Waals surface area (Å²) in [6.07, 6.45) is 4.87. The third-order valence-corrected chi connectivity index (χ3v) is 3.65. The molecule has 2 heterocycles. The van der Waals surface area contributed by atoms with Gasteiger partial charge in [-0.1, -0.05) is 0 Å². The average Bonchev–Trinajstić information content (AvgIpc) is 3.08. The highest BCUT2D eigenvalue weighted by Crippen LogP contribution is 2.34. The summed E-state index contributed by atoms with van der Waals surface area (Å²) in [5.74, 6) is 1.02. The zero-order valence-corrected chi connectivity index (χ0v) is 11.3. The first-order valence-corrected chi connectivity index (χ1v) is 6.79. The largest absolute Gasteiger partial charge is 0.465 e. The number of hydrogen-bond acceptors (Lipinski definition) is 5. The van der Waals surface area contributed by atoms with Crippen LogP contribution in [0.3, 0.4) is 0 Å². The Kier molecular flexibility index (Phi) is 3.67. The fourth-order valence-corrected chi connectivity index (χ4v) is 2.69. The third-order valence-electron chi connectivity index (χ3n) is 3.65. The van der Waals surface area contributed by atoms with E-state index in [9.17, 15) is 4.79 Å². The van der Waals surface area contributed by atoms with E-state index in [1.165, 1.54) is 0 Å². The zero-order valence-electron chi connectivity index (χ0n) is 11.3. The minimum Gasteiger partial charge on any atom is -0.465 e. The molecule has 110 valence electrons. The molecule has 1 fully saturated rings. The van der Waals surface area contributed by atoms with Gasteiger partial charge in [0.25, 0.3) is 0 Å². The molecule has 2 atom stereocenters. The summed E-state index contributed by atoms with van der Waals surface area (Å²) in [5, 5.41) is 29.2. The Hall–Kier alpha value is -2.64. The molecule has 1 aliphatic rings. The Morgan fingerprint density at radius 2 is 2.29 bits per heavy atom. The van der Waals surface area contributed by atoms with Gasteiger partial charge in [-0.25, -0.2) is 4.79 Å². The highest BCUT2D eigenvalue weighted by molar-refractivity contribution is 5.64. The second-order valence-corrected chi connectivity index (χ2v) is 5.12. The van der Waals surface area contributed by atoms with Crippen LogP contribution in [0.1, 0.15) is 30.9 Å². The van der Waals surface area contributed by atoms with Crippen LogP contribution in [0.5, 0.6) is 0 Å². The van der Waals surface area contributed by atoms with Crippen molar-refractivity contribution < 1.29 is 9.90 Å². The number of carboxylic acid groups (broad SMARTS) is 1. The Balaban J connectivity index is 1.62. The van der Waals surface area contributed by atoms with Crippen LogP contribution in [-0.4, -0.2) is 37.6 Å². The smallest absolute Gasteiger partial charge is 0.404 e. The lowest BCUT2D eigenvalue weighted by Crippen LogP contribution is -2.31. The van der Waals surface area contributed by atoms with Crippen molar-refractivity contribution in [2.24, 2.45) is 0 Å². The quantitative estimate of drug-likeness (QED) is 0.682. The highest BCUT2D eigenvalue weighted by Gasteiger charge is 2.28. The molecule has 0 radical (unpaired) electrons. The molecular weight excluding hydrogens is 272 g/mol. The van der Waals surface area contributed by atoms with Crippen molar-refractivity contribution in [2.45, 2.75) is 31.2 Å². The highest BCUT2D eigenvalue weighted by atomic mass is 16.4. The van der Waals surface area contributed by atoms with Crippen molar-refractivity contribution in [3.63, 3.8) is 0 Å². The number of aromatic nitrogens is 4. The van der Waals surface area contributed by atoms with Crippen molar-refractivity contribution in [1.29, 1.82) is 0 Å². The monoisotopic (exact) mass is 288 g/mol. The number of anilines is 2. The van der Waals surface area contributed by atoms with Gasteiger partial charge in [-0.05, 0) is 25.3 Å². The van der Waals surface area contributed by atoms with Crippen LogP contribution >= 0.6 is 0 Å². The van der Waals surface area contributed by atoms with E-state index in [2.05, 4.69) is 31.0 Å². The second-order valence-electron chi connectivity index (χ2n) is 5.12. The molecule has 1 saturated carbocycles. The van der Waals surface area contributed by atoms with Crippen LogP contribution in [0.25, 0.3) is 0 Å². The van der Waals surface area contributed by atoms with Crippen LogP contribution in [0, 0.1) is 0 Å². The Labute approximate surface area is 121 Å². The average molecular weight is 288 g/mol. The number of aromatic amines is 1. The molecule has 1 amide bonds. The zero-order chi connectivity index (χ0) is 14.7. The predicted octanol–water partition coefficient (Wildman–Crippen LogP) is 1.85. The Bertz CT molecular complexity index is 614. The normalized spacial score (nSPS) is 21.1. The fourth-order valence-electron chi connectivity index (χ4n) is 2.69. The summed E-state index contributed by atoms with van der Waals surface area (Å²) in [5.41, 5.74) is 1.84. The summed E-state index contributed by atoms with van der Waals surface area (Å²) >= 11 is 0. The van der Waals surface area contributed by atoms with Gasteiger partial charge in [0.15, 0.2) is 5.82 Å². The van der Waals surface area contributed by atoms with Crippen molar-refractivity contribution in [2.75, 3.05) is 5.32 Å². The number of nitrogens with zero attached hydrogens (tertiary/aromatic N) is 3. The topological polar surface area (TPSA) is 116 Å². The van der Waals surface area contributed by atoms with Crippen LogP contribution < -0.4 is 10.6 Å². The van der Waals surface area contributed by atoms with E-state index in [1.807, 2.05) is 12.1 Å². The van der Waals surface area contributed by atoms with Crippen LogP contribution in [0.2, 0.25) is 0 Å². The van der Waals surface area contributed by atoms with Gasteiger partial charge in [0.2, 0.25) is 0 Å². The summed E-state index contributed by atoms with van der Waals surface area (Å²) in [6, 6.07) is 3.79. The van der Waals surface area contributed by atoms with Crippen molar-refractivity contribution >= 4 is 17.6 Å². The van der Waals surface area contributed by atoms with Crippen LogP contribution in [0.4, 0.5) is 16.3 Å². The molecule has 0 bridgehead atoms. The van der Waals surface area contributed by atoms with Gasteiger partial charge in [0, 0.05) is 23.7 Å². The molecule has 2 unspecified atom stereocenters. The van der Waals surface area contributed by atoms with Gasteiger partial charge in [-0.2, -0.15) is 15.3 Å². The van der Waals surface area contributed by atoms with Gasteiger partial charge in [-0.15, -0.1) is 0 Å². The molecule has 4 N–H and O–H groups in total. The van der Waals surface area contributed by atoms with E-state index in [0.29, 0.717) is 11.7 Å². The number of amides is 1. The van der Waals surface area contributed by atoms with E-state index >= 15 is 0 Å². The van der Waals surface area contributed by atoms with E-state index in [0.717, 1.165) is 30.6 Å². The molecular formula is C13H16N6O2. The molecule has 8 nitrogen and oxygen atoms in total. The van der Waals surface area contributed by atoms with E-state index in [1.54, 1.807) is 12.4 Å². The molecule has 1 aliphatic carbocycles. The maximum atomic E-state index is 10.7. The van der Waals surface area contributed by atoms with E-state index in [-0.39, 0.29) is 6.04 Å². The van der Waals surface area contributed by atoms with E-state index < -0.39 is 6.09 Å². The third kappa shape index (κ3) is 3.28. The number of nitrogens with one attached hydrogen (secondary N) is 3. The molecule has 3 rings (SSSR count). The number of rotatable bonds is 4. The maximum absolute atomic E-state index is 10.7. The predicted molar refractivity (Wildman–Crippen MR) is 75.4 cm³/mol. The molecule has 2 aromatic rings. The summed E-state index contributed by atoms with van der Waals surface area (Å²) < 4.78 is 0. The molecule has 8 heteroatoms. The van der Waals surface area contributed by atoms with Gasteiger partial charge in [0.05, 0.1) is 18.1 Å². The standard InChI is InChI=1S/C13H16N6O2/c20-13(21)17-9-2-1-8(5-9)11-6-12(19-18-11)16-10-3-4-14-15-7-10/h3-4,6-9,17H,1-2,5H2,(H,20,21)(H2,14,16,18,19). The first-order valence-electron chi connectivity index (χ1n) is 6.79. The number of hydrogen-bond donors (Lipinski definition) is 4. The molecule has 2 aromatic heterocycles. The Morgan fingerprint density at radius 3 is 3.05 bits per heavy atom. The molecule has 0 saturated heterocycles. The van der Waals surface area contributed by atoms with Gasteiger partial charge in [0.1, 0.15) is 0 Å². The number of H-pyrrole nitrogens is 1. The summed E-state index contributed by atoms with van der Waals surface area (Å²) in [6.45, 7) is 0. The van der Waals surface area contributed by atoms with Gasteiger partial charge < -0.3 is 15.7 Å². The maximum Gasteiger partial charge on any atom is 0.404 e. The first-order chi connectivity index (χ1) is 10.2. The summed E-state index contributed by atoms with van der Waals surface area (Å²) in [4.78, 5) is 10.7. The molecule has 0 aromatic carbocycles. The van der Waals surface area contributed by atoms with Gasteiger partial charge in [-0.3, -0.25) is 5.10 Å². The lowest BCUT2D eigenvalue weighted by molar-refractivity contribution is 0.190. The first kappa shape index (κ1) is 13.3. The second kappa shape index (κ2) is 5.78. The van der Waals surface area contributed by atoms with Crippen LogP contribution in [-0.2, 0) is 0 Å². The Morgan fingerprint density at radius 1 is 1.38 bits per heavy atom. The molecule has 0 spiro atoms. The van der Waals surface area contributed by atoms with Crippen molar-refractivity contribution in [3.05, 3.63) is 30.2 Å².